The molecule has 1 aliphatic rings. The van der Waals surface area contributed by atoms with E-state index in [1.807, 2.05) is 24.3 Å². The largest absolute Gasteiger partial charge is 0.496 e. The number of methoxy groups -OCH3 is 2. The lowest BCUT2D eigenvalue weighted by atomic mass is 9.96. The molecule has 1 aromatic carbocycles. The van der Waals surface area contributed by atoms with Gasteiger partial charge >= 0.3 is 0 Å². The molecule has 1 heterocycles. The molecule has 2 rings (SSSR count). The molecule has 1 saturated heterocycles. The molecule has 0 aliphatic carbocycles. The fraction of sp³-hybridized carbons (Fsp3) is 0.579. The summed E-state index contributed by atoms with van der Waals surface area (Å²) in [4.78, 5) is 26.0. The molecule has 6 heteroatoms. The average Bonchev–Trinajstić information content (AvgIpc) is 2.64. The summed E-state index contributed by atoms with van der Waals surface area (Å²) in [6.07, 6.45) is 2.77. The number of rotatable bonds is 9. The van der Waals surface area contributed by atoms with Gasteiger partial charge in [-0.05, 0) is 30.9 Å². The minimum Gasteiger partial charge on any atom is -0.496 e. The van der Waals surface area contributed by atoms with Crippen molar-refractivity contribution in [2.75, 3.05) is 40.5 Å². The molecule has 1 aromatic rings. The molecule has 0 radical (unpaired) electrons. The van der Waals surface area contributed by atoms with Crippen molar-refractivity contribution in [1.82, 2.24) is 10.2 Å². The molecular formula is C19H28N2O4. The Labute approximate surface area is 149 Å². The minimum atomic E-state index is -0.124. The lowest BCUT2D eigenvalue weighted by Gasteiger charge is -2.31. The summed E-state index contributed by atoms with van der Waals surface area (Å²) in [5.74, 6) is 0.904. The van der Waals surface area contributed by atoms with Gasteiger partial charge < -0.3 is 19.7 Å². The summed E-state index contributed by atoms with van der Waals surface area (Å²) in [7, 11) is 3.28. The molecule has 138 valence electrons. The first-order valence-electron chi connectivity index (χ1n) is 8.82. The van der Waals surface area contributed by atoms with Gasteiger partial charge in [-0.2, -0.15) is 0 Å². The van der Waals surface area contributed by atoms with Gasteiger partial charge in [-0.25, -0.2) is 0 Å². The van der Waals surface area contributed by atoms with Crippen molar-refractivity contribution in [2.45, 2.75) is 25.7 Å². The monoisotopic (exact) mass is 348 g/mol. The summed E-state index contributed by atoms with van der Waals surface area (Å²) in [6.45, 7) is 2.16. The second-order valence-corrected chi connectivity index (χ2v) is 6.27. The summed E-state index contributed by atoms with van der Waals surface area (Å²) in [5, 5.41) is 3.00. The lowest BCUT2D eigenvalue weighted by molar-refractivity contribution is -0.138. The topological polar surface area (TPSA) is 67.9 Å². The molecule has 0 unspecified atom stereocenters. The van der Waals surface area contributed by atoms with E-state index in [9.17, 15) is 9.59 Å². The first kappa shape index (κ1) is 19.2. The highest BCUT2D eigenvalue weighted by atomic mass is 16.5. The number of carbonyl (C=O) groups excluding carboxylic acids is 2. The molecule has 1 N–H and O–H groups in total. The van der Waals surface area contributed by atoms with Crippen LogP contribution in [0.2, 0.25) is 0 Å². The summed E-state index contributed by atoms with van der Waals surface area (Å²) in [5.41, 5.74) is 1.15. The predicted molar refractivity (Wildman–Crippen MR) is 95.5 cm³/mol. The van der Waals surface area contributed by atoms with Crippen LogP contribution in [0.15, 0.2) is 24.3 Å². The van der Waals surface area contributed by atoms with Crippen molar-refractivity contribution >= 4 is 11.8 Å². The summed E-state index contributed by atoms with van der Waals surface area (Å²) in [6, 6.07) is 7.93. The Balaban J connectivity index is 1.73. The van der Waals surface area contributed by atoms with E-state index in [1.54, 1.807) is 19.1 Å². The van der Waals surface area contributed by atoms with Crippen LogP contribution in [-0.4, -0.2) is 57.2 Å². The van der Waals surface area contributed by atoms with Crippen molar-refractivity contribution in [1.29, 1.82) is 0 Å². The Morgan fingerprint density at radius 2 is 2.12 bits per heavy atom. The fourth-order valence-electron chi connectivity index (χ4n) is 3.09. The number of piperidine rings is 1. The fourth-order valence-corrected chi connectivity index (χ4v) is 3.09. The Morgan fingerprint density at radius 3 is 2.88 bits per heavy atom. The van der Waals surface area contributed by atoms with E-state index >= 15 is 0 Å². The van der Waals surface area contributed by atoms with Crippen LogP contribution in [0.1, 0.15) is 24.8 Å². The summed E-state index contributed by atoms with van der Waals surface area (Å²) >= 11 is 0. The van der Waals surface area contributed by atoms with Crippen molar-refractivity contribution < 1.29 is 19.1 Å². The van der Waals surface area contributed by atoms with E-state index in [0.29, 0.717) is 39.1 Å². The number of para-hydroxylation sites is 1. The Kier molecular flexibility index (Phi) is 7.73. The molecule has 1 fully saturated rings. The Hall–Kier alpha value is -2.08. The first-order valence-corrected chi connectivity index (χ1v) is 8.82. The van der Waals surface area contributed by atoms with E-state index in [0.717, 1.165) is 24.2 Å². The third kappa shape index (κ3) is 5.74. The van der Waals surface area contributed by atoms with Crippen molar-refractivity contribution in [3.05, 3.63) is 29.8 Å². The highest BCUT2D eigenvalue weighted by Gasteiger charge is 2.29. The zero-order chi connectivity index (χ0) is 18.1. The van der Waals surface area contributed by atoms with Crippen molar-refractivity contribution in [2.24, 2.45) is 5.92 Å². The number of aryl methyl sites for hydroxylation is 1. The molecular weight excluding hydrogens is 320 g/mol. The number of hydrogen-bond donors (Lipinski definition) is 1. The van der Waals surface area contributed by atoms with Gasteiger partial charge in [0.25, 0.3) is 0 Å². The van der Waals surface area contributed by atoms with Crippen LogP contribution in [0.3, 0.4) is 0 Å². The second kappa shape index (κ2) is 10.0. The second-order valence-electron chi connectivity index (χ2n) is 6.27. The number of nitrogens with zero attached hydrogens (tertiary/aromatic N) is 1. The van der Waals surface area contributed by atoms with E-state index < -0.39 is 0 Å². The number of amides is 2. The molecule has 0 saturated carbocycles. The number of nitrogens with one attached hydrogen (secondary N) is 1. The lowest BCUT2D eigenvalue weighted by Crippen LogP contribution is -2.46. The van der Waals surface area contributed by atoms with Crippen LogP contribution in [0.25, 0.3) is 0 Å². The number of hydrogen-bond acceptors (Lipinski definition) is 4. The van der Waals surface area contributed by atoms with E-state index in [4.69, 9.17) is 9.47 Å². The minimum absolute atomic E-state index is 0.0370. The van der Waals surface area contributed by atoms with Crippen LogP contribution >= 0.6 is 0 Å². The van der Waals surface area contributed by atoms with Gasteiger partial charge in [-0.3, -0.25) is 9.59 Å². The van der Waals surface area contributed by atoms with E-state index in [-0.39, 0.29) is 17.7 Å². The van der Waals surface area contributed by atoms with Gasteiger partial charge in [0.1, 0.15) is 5.75 Å². The van der Waals surface area contributed by atoms with Gasteiger partial charge in [0.15, 0.2) is 0 Å². The molecule has 6 nitrogen and oxygen atoms in total. The van der Waals surface area contributed by atoms with Gasteiger partial charge in [0, 0.05) is 33.2 Å². The quantitative estimate of drug-likeness (QED) is 0.689. The molecule has 0 bridgehead atoms. The SMILES string of the molecule is COCCN1C[C@H](C(=O)NCCCc2ccccc2OC)CCC1=O. The standard InChI is InChI=1S/C19H28N2O4/c1-24-13-12-21-14-16(9-10-18(21)22)19(23)20-11-5-7-15-6-3-4-8-17(15)25-2/h3-4,6,8,16H,5,7,9-14H2,1-2H3,(H,20,23)/t16-/m1/s1. The molecule has 25 heavy (non-hydrogen) atoms. The van der Waals surface area contributed by atoms with Gasteiger partial charge in [0.2, 0.25) is 11.8 Å². The third-order valence-corrected chi connectivity index (χ3v) is 4.55. The predicted octanol–water partition coefficient (Wildman–Crippen LogP) is 1.63. The molecule has 0 spiro atoms. The molecule has 0 aromatic heterocycles. The zero-order valence-corrected chi connectivity index (χ0v) is 15.1. The molecule has 2 amide bonds. The van der Waals surface area contributed by atoms with Crippen molar-refractivity contribution in [3.8, 4) is 5.75 Å². The normalized spacial score (nSPS) is 17.4. The van der Waals surface area contributed by atoms with Gasteiger partial charge in [-0.15, -0.1) is 0 Å². The third-order valence-electron chi connectivity index (χ3n) is 4.55. The van der Waals surface area contributed by atoms with Gasteiger partial charge in [-0.1, -0.05) is 18.2 Å². The van der Waals surface area contributed by atoms with Crippen LogP contribution in [-0.2, 0) is 20.7 Å². The van der Waals surface area contributed by atoms with E-state index in [2.05, 4.69) is 5.32 Å². The van der Waals surface area contributed by atoms with Crippen LogP contribution in [0, 0.1) is 5.92 Å². The number of carbonyl (C=O) groups is 2. The van der Waals surface area contributed by atoms with Crippen LogP contribution in [0.5, 0.6) is 5.75 Å². The highest BCUT2D eigenvalue weighted by Crippen LogP contribution is 2.19. The molecule has 1 atom stereocenters. The maximum absolute atomic E-state index is 12.4. The first-order chi connectivity index (χ1) is 12.2. The van der Waals surface area contributed by atoms with Crippen LogP contribution < -0.4 is 10.1 Å². The number of ether oxygens (including phenoxy) is 2. The number of benzene rings is 1. The number of likely N-dealkylation sites (tertiary alicyclic amines) is 1. The van der Waals surface area contributed by atoms with E-state index in [1.165, 1.54) is 0 Å². The molecule has 1 aliphatic heterocycles. The van der Waals surface area contributed by atoms with Crippen molar-refractivity contribution in [3.63, 3.8) is 0 Å². The zero-order valence-electron chi connectivity index (χ0n) is 15.1. The maximum Gasteiger partial charge on any atom is 0.224 e. The highest BCUT2D eigenvalue weighted by molar-refractivity contribution is 5.83. The Bertz CT molecular complexity index is 576. The summed E-state index contributed by atoms with van der Waals surface area (Å²) < 4.78 is 10.4. The smallest absolute Gasteiger partial charge is 0.224 e. The average molecular weight is 348 g/mol. The van der Waals surface area contributed by atoms with Gasteiger partial charge in [0.05, 0.1) is 19.6 Å². The van der Waals surface area contributed by atoms with Crippen LogP contribution in [0.4, 0.5) is 0 Å². The maximum atomic E-state index is 12.4. The Morgan fingerprint density at radius 1 is 1.32 bits per heavy atom.